The Morgan fingerprint density at radius 1 is 0.955 bits per heavy atom. The second-order valence-electron chi connectivity index (χ2n) is 8.26. The van der Waals surface area contributed by atoms with E-state index >= 15 is 0 Å². The molecule has 0 heterocycles. The van der Waals surface area contributed by atoms with E-state index in [4.69, 9.17) is 0 Å². The molecule has 0 aromatic carbocycles. The lowest BCUT2D eigenvalue weighted by Gasteiger charge is -2.56. The normalized spacial score (nSPS) is 47.6. The van der Waals surface area contributed by atoms with Crippen molar-refractivity contribution < 1.29 is 14.4 Å². The van der Waals surface area contributed by atoms with Crippen LogP contribution in [0, 0.1) is 28.6 Å². The van der Waals surface area contributed by atoms with Crippen molar-refractivity contribution in [2.24, 2.45) is 28.6 Å². The second-order valence-corrected chi connectivity index (χ2v) is 8.26. The van der Waals surface area contributed by atoms with Crippen molar-refractivity contribution in [1.82, 2.24) is 0 Å². The van der Waals surface area contributed by atoms with Crippen LogP contribution in [0.1, 0.15) is 58.8 Å². The van der Waals surface area contributed by atoms with Crippen LogP contribution >= 0.6 is 0 Å². The average molecular weight is 300 g/mol. The van der Waals surface area contributed by atoms with Crippen LogP contribution in [0.25, 0.3) is 0 Å². The predicted molar refractivity (Wildman–Crippen MR) is 82.1 cm³/mol. The van der Waals surface area contributed by atoms with Gasteiger partial charge >= 0.3 is 0 Å². The third-order valence-corrected chi connectivity index (χ3v) is 7.55. The molecule has 118 valence electrons. The summed E-state index contributed by atoms with van der Waals surface area (Å²) >= 11 is 0. The van der Waals surface area contributed by atoms with E-state index < -0.39 is 5.41 Å². The predicted octanol–water partition coefficient (Wildman–Crippen LogP) is 3.27. The molecule has 0 spiro atoms. The number of carbonyl (C=O) groups excluding carboxylic acids is 3. The van der Waals surface area contributed by atoms with Gasteiger partial charge in [0.25, 0.3) is 0 Å². The van der Waals surface area contributed by atoms with Crippen molar-refractivity contribution >= 4 is 17.3 Å². The monoisotopic (exact) mass is 300 g/mol. The van der Waals surface area contributed by atoms with Crippen LogP contribution in [0.2, 0.25) is 0 Å². The van der Waals surface area contributed by atoms with Gasteiger partial charge in [-0.25, -0.2) is 0 Å². The van der Waals surface area contributed by atoms with Crippen molar-refractivity contribution in [3.8, 4) is 0 Å². The zero-order valence-corrected chi connectivity index (χ0v) is 13.5. The lowest BCUT2D eigenvalue weighted by molar-refractivity contribution is -0.150. The van der Waals surface area contributed by atoms with Crippen molar-refractivity contribution in [1.29, 1.82) is 0 Å². The van der Waals surface area contributed by atoms with Gasteiger partial charge in [-0.05, 0) is 61.9 Å². The quantitative estimate of drug-likeness (QED) is 0.645. The van der Waals surface area contributed by atoms with E-state index in [1.54, 1.807) is 0 Å². The molecule has 3 saturated carbocycles. The first-order chi connectivity index (χ1) is 10.4. The zero-order valence-electron chi connectivity index (χ0n) is 13.5. The third kappa shape index (κ3) is 1.60. The molecule has 5 atom stereocenters. The summed E-state index contributed by atoms with van der Waals surface area (Å²) in [6, 6.07) is 0. The molecule has 0 aliphatic heterocycles. The fraction of sp³-hybridized carbons (Fsp3) is 0.737. The van der Waals surface area contributed by atoms with Gasteiger partial charge < -0.3 is 0 Å². The number of hydrogen-bond donors (Lipinski definition) is 0. The van der Waals surface area contributed by atoms with Gasteiger partial charge in [0.1, 0.15) is 11.6 Å². The van der Waals surface area contributed by atoms with E-state index in [0.717, 1.165) is 25.7 Å². The lowest BCUT2D eigenvalue weighted by Crippen LogP contribution is -2.54. The highest BCUT2D eigenvalue weighted by Crippen LogP contribution is 2.63. The summed E-state index contributed by atoms with van der Waals surface area (Å²) in [6.07, 6.45) is 7.36. The van der Waals surface area contributed by atoms with Crippen molar-refractivity contribution in [3.05, 3.63) is 11.6 Å². The van der Waals surface area contributed by atoms with Crippen LogP contribution in [0.4, 0.5) is 0 Å². The molecule has 4 aliphatic carbocycles. The number of Topliss-reactive ketones (excluding diaryl/α,β-unsaturated/α-hetero) is 2. The van der Waals surface area contributed by atoms with Gasteiger partial charge in [-0.3, -0.25) is 14.4 Å². The summed E-state index contributed by atoms with van der Waals surface area (Å²) in [7, 11) is 0. The molecule has 0 saturated heterocycles. The van der Waals surface area contributed by atoms with Gasteiger partial charge in [0.2, 0.25) is 0 Å². The number of ketones is 3. The Balaban J connectivity index is 1.76. The topological polar surface area (TPSA) is 51.2 Å². The number of carbonyl (C=O) groups is 3. The van der Waals surface area contributed by atoms with Gasteiger partial charge in [-0.15, -0.1) is 0 Å². The van der Waals surface area contributed by atoms with Crippen LogP contribution in [0.15, 0.2) is 11.6 Å². The first-order valence-electron chi connectivity index (χ1n) is 8.68. The first-order valence-corrected chi connectivity index (χ1v) is 8.68. The molecule has 4 rings (SSSR count). The van der Waals surface area contributed by atoms with Crippen molar-refractivity contribution in [2.45, 2.75) is 58.8 Å². The van der Waals surface area contributed by atoms with E-state index in [9.17, 15) is 14.4 Å². The van der Waals surface area contributed by atoms with Crippen LogP contribution in [-0.2, 0) is 14.4 Å². The SMILES string of the molecule is C[C@@]12C(=O)CC[C@H]1[C@@H]1CCC3=CC(=O)CC[C@]3(C)[C@@H]1CC2=O. The Labute approximate surface area is 131 Å². The fourth-order valence-corrected chi connectivity index (χ4v) is 6.07. The van der Waals surface area contributed by atoms with Crippen LogP contribution in [0.5, 0.6) is 0 Å². The summed E-state index contributed by atoms with van der Waals surface area (Å²) in [5, 5.41) is 0. The molecule has 3 heteroatoms. The summed E-state index contributed by atoms with van der Waals surface area (Å²) < 4.78 is 0. The smallest absolute Gasteiger partial charge is 0.155 e. The molecule has 3 nitrogen and oxygen atoms in total. The van der Waals surface area contributed by atoms with E-state index in [0.29, 0.717) is 31.1 Å². The first kappa shape index (κ1) is 14.3. The zero-order chi connectivity index (χ0) is 15.7. The van der Waals surface area contributed by atoms with E-state index in [1.165, 1.54) is 5.57 Å². The number of hydrogen-bond acceptors (Lipinski definition) is 3. The van der Waals surface area contributed by atoms with Gasteiger partial charge in [-0.2, -0.15) is 0 Å². The van der Waals surface area contributed by atoms with Gasteiger partial charge in [0, 0.05) is 19.3 Å². The van der Waals surface area contributed by atoms with Crippen LogP contribution in [0.3, 0.4) is 0 Å². The Kier molecular flexibility index (Phi) is 2.87. The molecule has 3 fully saturated rings. The molecule has 22 heavy (non-hydrogen) atoms. The molecule has 0 aromatic heterocycles. The third-order valence-electron chi connectivity index (χ3n) is 7.55. The lowest BCUT2D eigenvalue weighted by atomic mass is 9.47. The number of fused-ring (bicyclic) bond motifs is 5. The second kappa shape index (κ2) is 4.39. The van der Waals surface area contributed by atoms with Gasteiger partial charge in [0.05, 0.1) is 5.41 Å². The highest BCUT2D eigenvalue weighted by Gasteiger charge is 2.62. The highest BCUT2D eigenvalue weighted by molar-refractivity contribution is 6.09. The van der Waals surface area contributed by atoms with Crippen LogP contribution < -0.4 is 0 Å². The van der Waals surface area contributed by atoms with Gasteiger partial charge in [-0.1, -0.05) is 12.5 Å². The summed E-state index contributed by atoms with van der Waals surface area (Å²) in [6.45, 7) is 4.17. The minimum absolute atomic E-state index is 0.000541. The molecule has 0 N–H and O–H groups in total. The molecule has 0 amide bonds. The Morgan fingerprint density at radius 2 is 1.73 bits per heavy atom. The summed E-state index contributed by atoms with van der Waals surface area (Å²) in [5.74, 6) is 1.63. The average Bonchev–Trinajstić information content (AvgIpc) is 2.79. The molecule has 0 bridgehead atoms. The molecular formula is C19H24O3. The number of rotatable bonds is 0. The minimum Gasteiger partial charge on any atom is -0.299 e. The van der Waals surface area contributed by atoms with Gasteiger partial charge in [0.15, 0.2) is 5.78 Å². The maximum atomic E-state index is 12.8. The maximum absolute atomic E-state index is 12.8. The number of allylic oxidation sites excluding steroid dienone is 1. The molecule has 0 aromatic rings. The maximum Gasteiger partial charge on any atom is 0.155 e. The van der Waals surface area contributed by atoms with Crippen molar-refractivity contribution in [2.75, 3.05) is 0 Å². The molecule has 0 unspecified atom stereocenters. The van der Waals surface area contributed by atoms with Crippen LogP contribution in [-0.4, -0.2) is 17.3 Å². The Hall–Kier alpha value is -1.25. The minimum atomic E-state index is -0.705. The fourth-order valence-electron chi connectivity index (χ4n) is 6.07. The molecular weight excluding hydrogens is 276 g/mol. The molecule has 4 aliphatic rings. The van der Waals surface area contributed by atoms with E-state index in [1.807, 2.05) is 13.0 Å². The summed E-state index contributed by atoms with van der Waals surface area (Å²) in [5.41, 5.74) is 0.564. The van der Waals surface area contributed by atoms with Crippen molar-refractivity contribution in [3.63, 3.8) is 0 Å². The Morgan fingerprint density at radius 3 is 2.50 bits per heavy atom. The van der Waals surface area contributed by atoms with E-state index in [-0.39, 0.29) is 28.7 Å². The summed E-state index contributed by atoms with van der Waals surface area (Å²) in [4.78, 5) is 37.0. The van der Waals surface area contributed by atoms with E-state index in [2.05, 4.69) is 6.92 Å². The highest BCUT2D eigenvalue weighted by atomic mass is 16.2. The molecule has 0 radical (unpaired) electrons. The standard InChI is InChI=1S/C19H24O3/c1-18-8-7-12(20)9-11(18)3-4-13-14-5-6-16(21)19(14,2)17(22)10-15(13)18/h9,13-15H,3-8,10H2,1-2H3/t13-,14-,15+,18-,19-/m0/s1. The largest absolute Gasteiger partial charge is 0.299 e. The Bertz CT molecular complexity index is 616.